The molecule has 1 aliphatic heterocycles. The van der Waals surface area contributed by atoms with Gasteiger partial charge in [0.1, 0.15) is 6.04 Å². The first-order valence-corrected chi connectivity index (χ1v) is 8.44. The van der Waals surface area contributed by atoms with Crippen molar-refractivity contribution in [2.75, 3.05) is 5.32 Å². The first kappa shape index (κ1) is 19.0. The molecule has 0 aromatic heterocycles. The highest BCUT2D eigenvalue weighted by Gasteiger charge is 2.36. The van der Waals surface area contributed by atoms with Crippen molar-refractivity contribution in [2.24, 2.45) is 0 Å². The summed E-state index contributed by atoms with van der Waals surface area (Å²) in [5.41, 5.74) is 5.37. The van der Waals surface area contributed by atoms with Crippen LogP contribution in [0.1, 0.15) is 23.6 Å². The number of hydrogen-bond acceptors (Lipinski definition) is 3. The minimum Gasteiger partial charge on any atom is -0.324 e. The topological polar surface area (TPSA) is 53.2 Å². The standard InChI is InChI=1S/C17H14Cl2F3N3O/c18-10-3-1-9(2-4-10)14-8-15(25-24-14)16(26)23-13-6-5-11(19)7-12(13)17(20,21)22/h1-7,14-15,24-25H,8H2,(H,23,26). The zero-order chi connectivity index (χ0) is 18.9. The van der Waals surface area contributed by atoms with Crippen LogP contribution in [0.15, 0.2) is 42.5 Å². The van der Waals surface area contributed by atoms with Crippen LogP contribution in [0.25, 0.3) is 0 Å². The van der Waals surface area contributed by atoms with Crippen molar-refractivity contribution in [3.05, 3.63) is 63.6 Å². The fourth-order valence-corrected chi connectivity index (χ4v) is 3.02. The lowest BCUT2D eigenvalue weighted by Crippen LogP contribution is -2.39. The van der Waals surface area contributed by atoms with Crippen LogP contribution in [0.2, 0.25) is 10.0 Å². The highest BCUT2D eigenvalue weighted by molar-refractivity contribution is 6.31. The Balaban J connectivity index is 1.71. The van der Waals surface area contributed by atoms with Crippen LogP contribution >= 0.6 is 23.2 Å². The molecule has 9 heteroatoms. The summed E-state index contributed by atoms with van der Waals surface area (Å²) in [5, 5.41) is 2.86. The third-order valence-electron chi connectivity index (χ3n) is 4.04. The Morgan fingerprint density at radius 3 is 2.35 bits per heavy atom. The first-order valence-electron chi connectivity index (χ1n) is 7.68. The van der Waals surface area contributed by atoms with Gasteiger partial charge in [0, 0.05) is 16.1 Å². The maximum Gasteiger partial charge on any atom is 0.418 e. The Labute approximate surface area is 157 Å². The monoisotopic (exact) mass is 403 g/mol. The molecule has 2 aromatic carbocycles. The largest absolute Gasteiger partial charge is 0.418 e. The zero-order valence-corrected chi connectivity index (χ0v) is 14.7. The second kappa shape index (κ2) is 7.44. The molecular formula is C17H14Cl2F3N3O. The van der Waals surface area contributed by atoms with Gasteiger partial charge in [-0.1, -0.05) is 35.3 Å². The van der Waals surface area contributed by atoms with Crippen LogP contribution in [0.4, 0.5) is 18.9 Å². The Hall–Kier alpha value is -1.80. The molecule has 138 valence electrons. The van der Waals surface area contributed by atoms with E-state index in [4.69, 9.17) is 23.2 Å². The number of benzene rings is 2. The Morgan fingerprint density at radius 1 is 1.04 bits per heavy atom. The predicted octanol–water partition coefficient (Wildman–Crippen LogP) is 4.56. The number of carbonyl (C=O) groups excluding carboxylic acids is 1. The second-order valence-corrected chi connectivity index (χ2v) is 6.73. The summed E-state index contributed by atoms with van der Waals surface area (Å²) < 4.78 is 39.4. The Bertz CT molecular complexity index is 812. The molecule has 2 atom stereocenters. The van der Waals surface area contributed by atoms with Gasteiger partial charge < -0.3 is 5.32 Å². The number of hydrazine groups is 1. The molecule has 0 aliphatic carbocycles. The van der Waals surface area contributed by atoms with E-state index in [0.29, 0.717) is 11.4 Å². The third kappa shape index (κ3) is 4.29. The van der Waals surface area contributed by atoms with Crippen LogP contribution in [0.3, 0.4) is 0 Å². The van der Waals surface area contributed by atoms with E-state index in [-0.39, 0.29) is 16.8 Å². The van der Waals surface area contributed by atoms with Crippen LogP contribution in [0.5, 0.6) is 0 Å². The number of anilines is 1. The van der Waals surface area contributed by atoms with E-state index in [9.17, 15) is 18.0 Å². The highest BCUT2D eigenvalue weighted by atomic mass is 35.5. The molecule has 2 aromatic rings. The van der Waals surface area contributed by atoms with Gasteiger partial charge in [-0.05, 0) is 42.3 Å². The lowest BCUT2D eigenvalue weighted by atomic mass is 10.0. The van der Waals surface area contributed by atoms with Crippen LogP contribution < -0.4 is 16.2 Å². The van der Waals surface area contributed by atoms with Gasteiger partial charge in [-0.15, -0.1) is 0 Å². The minimum absolute atomic E-state index is 0.0567. The number of rotatable bonds is 3. The molecule has 3 rings (SSSR count). The number of amides is 1. The highest BCUT2D eigenvalue weighted by Crippen LogP contribution is 2.36. The van der Waals surface area contributed by atoms with Crippen LogP contribution in [-0.4, -0.2) is 11.9 Å². The zero-order valence-electron chi connectivity index (χ0n) is 13.2. The maximum atomic E-state index is 13.1. The number of nitrogens with one attached hydrogen (secondary N) is 3. The van der Waals surface area contributed by atoms with Crippen molar-refractivity contribution in [1.82, 2.24) is 10.9 Å². The molecule has 2 unspecified atom stereocenters. The van der Waals surface area contributed by atoms with Crippen molar-refractivity contribution in [3.8, 4) is 0 Å². The van der Waals surface area contributed by atoms with Gasteiger partial charge in [-0.3, -0.25) is 4.79 Å². The summed E-state index contributed by atoms with van der Waals surface area (Å²) >= 11 is 11.5. The molecule has 1 aliphatic rings. The van der Waals surface area contributed by atoms with E-state index in [1.165, 1.54) is 6.07 Å². The van der Waals surface area contributed by atoms with Gasteiger partial charge in [0.25, 0.3) is 0 Å². The molecule has 0 radical (unpaired) electrons. The molecular weight excluding hydrogens is 390 g/mol. The maximum absolute atomic E-state index is 13.1. The summed E-state index contributed by atoms with van der Waals surface area (Å²) in [7, 11) is 0. The second-order valence-electron chi connectivity index (χ2n) is 5.86. The van der Waals surface area contributed by atoms with Crippen molar-refractivity contribution in [2.45, 2.75) is 24.7 Å². The normalized spacial score (nSPS) is 20.2. The number of hydrogen-bond donors (Lipinski definition) is 3. The molecule has 0 spiro atoms. The summed E-state index contributed by atoms with van der Waals surface area (Å²) in [6, 6.07) is 9.48. The molecule has 1 saturated heterocycles. The number of halogens is 5. The van der Waals surface area contributed by atoms with Crippen molar-refractivity contribution < 1.29 is 18.0 Å². The molecule has 26 heavy (non-hydrogen) atoms. The average molecular weight is 404 g/mol. The van der Waals surface area contributed by atoms with E-state index in [2.05, 4.69) is 16.2 Å². The fourth-order valence-electron chi connectivity index (χ4n) is 2.72. The molecule has 1 fully saturated rings. The average Bonchev–Trinajstić information content (AvgIpc) is 3.06. The van der Waals surface area contributed by atoms with Crippen LogP contribution in [0, 0.1) is 0 Å². The fraction of sp³-hybridized carbons (Fsp3) is 0.235. The summed E-state index contributed by atoms with van der Waals surface area (Å²) in [6.07, 6.45) is -4.25. The summed E-state index contributed by atoms with van der Waals surface area (Å²) in [4.78, 5) is 12.4. The molecule has 3 N–H and O–H groups in total. The number of alkyl halides is 3. The Morgan fingerprint density at radius 2 is 1.69 bits per heavy atom. The van der Waals surface area contributed by atoms with E-state index in [1.54, 1.807) is 12.1 Å². The Kier molecular flexibility index (Phi) is 5.43. The molecule has 1 heterocycles. The van der Waals surface area contributed by atoms with E-state index < -0.39 is 23.7 Å². The van der Waals surface area contributed by atoms with Gasteiger partial charge in [0.15, 0.2) is 0 Å². The van der Waals surface area contributed by atoms with Gasteiger partial charge in [0.2, 0.25) is 5.91 Å². The summed E-state index contributed by atoms with van der Waals surface area (Å²) in [6.45, 7) is 0. The van der Waals surface area contributed by atoms with Gasteiger partial charge in [0.05, 0.1) is 11.3 Å². The quantitative estimate of drug-likeness (QED) is 0.703. The van der Waals surface area contributed by atoms with E-state index >= 15 is 0 Å². The van der Waals surface area contributed by atoms with Crippen LogP contribution in [-0.2, 0) is 11.0 Å². The molecule has 1 amide bonds. The molecule has 0 bridgehead atoms. The van der Waals surface area contributed by atoms with Crippen molar-refractivity contribution in [1.29, 1.82) is 0 Å². The lowest BCUT2D eigenvalue weighted by molar-refractivity contribution is -0.137. The predicted molar refractivity (Wildman–Crippen MR) is 94.0 cm³/mol. The lowest BCUT2D eigenvalue weighted by Gasteiger charge is -2.16. The first-order chi connectivity index (χ1) is 12.2. The SMILES string of the molecule is O=C(Nc1ccc(Cl)cc1C(F)(F)F)C1CC(c2ccc(Cl)cc2)NN1. The van der Waals surface area contributed by atoms with Crippen molar-refractivity contribution in [3.63, 3.8) is 0 Å². The van der Waals surface area contributed by atoms with Gasteiger partial charge in [-0.2, -0.15) is 13.2 Å². The molecule has 0 saturated carbocycles. The molecule has 4 nitrogen and oxygen atoms in total. The van der Waals surface area contributed by atoms with Gasteiger partial charge >= 0.3 is 6.18 Å². The van der Waals surface area contributed by atoms with E-state index in [1.807, 2.05) is 12.1 Å². The summed E-state index contributed by atoms with van der Waals surface area (Å²) in [5.74, 6) is -0.568. The van der Waals surface area contributed by atoms with Crippen molar-refractivity contribution >= 4 is 34.8 Å². The van der Waals surface area contributed by atoms with Gasteiger partial charge in [-0.25, -0.2) is 10.9 Å². The van der Waals surface area contributed by atoms with E-state index in [0.717, 1.165) is 17.7 Å². The smallest absolute Gasteiger partial charge is 0.324 e. The number of carbonyl (C=O) groups is 1. The third-order valence-corrected chi connectivity index (χ3v) is 4.52. The minimum atomic E-state index is -4.62.